The van der Waals surface area contributed by atoms with Crippen LogP contribution in [0.5, 0.6) is 0 Å². The summed E-state index contributed by atoms with van der Waals surface area (Å²) in [7, 11) is 0. The molecule has 0 saturated heterocycles. The molecule has 0 aliphatic carbocycles. The number of benzene rings is 2. The topological polar surface area (TPSA) is 16.1 Å². The Labute approximate surface area is 141 Å². The van der Waals surface area contributed by atoms with Crippen LogP contribution >= 0.6 is 11.3 Å². The minimum absolute atomic E-state index is 0.902. The van der Waals surface area contributed by atoms with Crippen LogP contribution in [-0.4, -0.2) is 11.5 Å². The minimum Gasteiger partial charge on any atom is -0.365 e. The first-order valence-corrected chi connectivity index (χ1v) is 9.02. The molecule has 0 radical (unpaired) electrons. The van der Waals surface area contributed by atoms with Crippen molar-refractivity contribution in [2.75, 3.05) is 11.4 Å². The number of anilines is 1. The van der Waals surface area contributed by atoms with Gasteiger partial charge in [-0.3, -0.25) is 0 Å². The van der Waals surface area contributed by atoms with Gasteiger partial charge < -0.3 is 4.90 Å². The normalized spacial score (nSPS) is 13.9. The van der Waals surface area contributed by atoms with Crippen LogP contribution in [0.4, 0.5) is 5.69 Å². The third-order valence-corrected chi connectivity index (χ3v) is 5.41. The molecule has 23 heavy (non-hydrogen) atoms. The van der Waals surface area contributed by atoms with E-state index >= 15 is 0 Å². The van der Waals surface area contributed by atoms with E-state index in [1.165, 1.54) is 40.9 Å². The third kappa shape index (κ3) is 2.89. The quantitative estimate of drug-likeness (QED) is 0.669. The van der Waals surface area contributed by atoms with E-state index in [1.807, 2.05) is 0 Å². The average Bonchev–Trinajstić information content (AvgIpc) is 3.04. The third-order valence-electron chi connectivity index (χ3n) is 4.49. The molecule has 0 N–H and O–H groups in total. The number of hydrogen-bond donors (Lipinski definition) is 0. The van der Waals surface area contributed by atoms with Crippen LogP contribution in [0.3, 0.4) is 0 Å². The summed E-state index contributed by atoms with van der Waals surface area (Å²) in [6.45, 7) is 4.17. The first-order chi connectivity index (χ1) is 11.3. The lowest BCUT2D eigenvalue weighted by Crippen LogP contribution is -2.28. The Balaban J connectivity index is 1.59. The van der Waals surface area contributed by atoms with Crippen LogP contribution in [0.25, 0.3) is 10.6 Å². The first-order valence-electron chi connectivity index (χ1n) is 8.14. The number of fused-ring (bicyclic) bond motifs is 1. The van der Waals surface area contributed by atoms with Gasteiger partial charge in [-0.2, -0.15) is 0 Å². The molecule has 2 nitrogen and oxygen atoms in total. The van der Waals surface area contributed by atoms with Gasteiger partial charge in [-0.15, -0.1) is 11.3 Å². The second kappa shape index (κ2) is 6.17. The van der Waals surface area contributed by atoms with Crippen molar-refractivity contribution in [1.82, 2.24) is 4.98 Å². The number of aromatic nitrogens is 1. The van der Waals surface area contributed by atoms with Gasteiger partial charge >= 0.3 is 0 Å². The molecule has 4 rings (SSSR count). The van der Waals surface area contributed by atoms with Crippen LogP contribution in [-0.2, 0) is 13.0 Å². The Morgan fingerprint density at radius 2 is 1.91 bits per heavy atom. The molecule has 2 aromatic carbocycles. The lowest BCUT2D eigenvalue weighted by molar-refractivity contribution is 0.686. The van der Waals surface area contributed by atoms with Gasteiger partial charge in [0.15, 0.2) is 0 Å². The van der Waals surface area contributed by atoms with Crippen LogP contribution in [0.2, 0.25) is 0 Å². The van der Waals surface area contributed by atoms with E-state index in [0.717, 1.165) is 18.1 Å². The molecule has 116 valence electrons. The van der Waals surface area contributed by atoms with E-state index in [-0.39, 0.29) is 0 Å². The van der Waals surface area contributed by atoms with E-state index in [9.17, 15) is 0 Å². The molecule has 0 amide bonds. The lowest BCUT2D eigenvalue weighted by Gasteiger charge is -2.30. The number of aryl methyl sites for hydroxylation is 2. The summed E-state index contributed by atoms with van der Waals surface area (Å²) in [6, 6.07) is 17.2. The molecule has 3 aromatic rings. The Hall–Kier alpha value is -2.13. The number of thiazole rings is 1. The predicted molar refractivity (Wildman–Crippen MR) is 98.1 cm³/mol. The average molecular weight is 320 g/mol. The highest BCUT2D eigenvalue weighted by Crippen LogP contribution is 2.30. The van der Waals surface area contributed by atoms with Crippen molar-refractivity contribution < 1.29 is 0 Å². The lowest BCUT2D eigenvalue weighted by atomic mass is 10.0. The highest BCUT2D eigenvalue weighted by molar-refractivity contribution is 7.13. The van der Waals surface area contributed by atoms with Crippen molar-refractivity contribution in [3.05, 3.63) is 70.7 Å². The molecular formula is C20H20N2S. The standard InChI is InChI=1S/C20H20N2S/c1-15-7-2-4-10-18(15)20-21-17(14-23-20)13-22-12-6-9-16-8-3-5-11-19(16)22/h2-5,7-8,10-11,14H,6,9,12-13H2,1H3. The van der Waals surface area contributed by atoms with Crippen LogP contribution in [0.1, 0.15) is 23.2 Å². The molecule has 0 fully saturated rings. The summed E-state index contributed by atoms with van der Waals surface area (Å²) in [4.78, 5) is 7.35. The van der Waals surface area contributed by atoms with Gasteiger partial charge in [-0.05, 0) is 37.0 Å². The van der Waals surface area contributed by atoms with Gasteiger partial charge in [0.25, 0.3) is 0 Å². The number of nitrogens with zero attached hydrogens (tertiary/aromatic N) is 2. The Bertz CT molecular complexity index is 822. The van der Waals surface area contributed by atoms with Gasteiger partial charge in [0.2, 0.25) is 0 Å². The first kappa shape index (κ1) is 14.5. The Kier molecular flexibility index (Phi) is 3.88. The fourth-order valence-electron chi connectivity index (χ4n) is 3.29. The van der Waals surface area contributed by atoms with E-state index in [0.29, 0.717) is 0 Å². The van der Waals surface area contributed by atoms with E-state index in [1.54, 1.807) is 11.3 Å². The number of hydrogen-bond acceptors (Lipinski definition) is 3. The van der Waals surface area contributed by atoms with E-state index < -0.39 is 0 Å². The van der Waals surface area contributed by atoms with Crippen LogP contribution in [0, 0.1) is 6.92 Å². The van der Waals surface area contributed by atoms with Crippen LogP contribution < -0.4 is 4.90 Å². The molecule has 2 heterocycles. The molecule has 0 saturated carbocycles. The van der Waals surface area contributed by atoms with Crippen molar-refractivity contribution in [1.29, 1.82) is 0 Å². The van der Waals surface area contributed by atoms with E-state index in [4.69, 9.17) is 4.98 Å². The molecule has 1 aliphatic heterocycles. The zero-order chi connectivity index (χ0) is 15.6. The largest absolute Gasteiger partial charge is 0.365 e. The van der Waals surface area contributed by atoms with Crippen molar-refractivity contribution in [3.63, 3.8) is 0 Å². The monoisotopic (exact) mass is 320 g/mol. The molecular weight excluding hydrogens is 300 g/mol. The van der Waals surface area contributed by atoms with Gasteiger partial charge in [-0.25, -0.2) is 4.98 Å². The minimum atomic E-state index is 0.902. The molecule has 1 aromatic heterocycles. The van der Waals surface area contributed by atoms with Crippen molar-refractivity contribution in [2.24, 2.45) is 0 Å². The Morgan fingerprint density at radius 1 is 1.09 bits per heavy atom. The van der Waals surface area contributed by atoms with Crippen molar-refractivity contribution in [3.8, 4) is 10.6 Å². The van der Waals surface area contributed by atoms with Gasteiger partial charge in [0.1, 0.15) is 5.01 Å². The summed E-state index contributed by atoms with van der Waals surface area (Å²) in [5.41, 5.74) is 6.56. The summed E-state index contributed by atoms with van der Waals surface area (Å²) in [6.07, 6.45) is 2.42. The maximum atomic E-state index is 4.89. The fraction of sp³-hybridized carbons (Fsp3) is 0.250. The highest BCUT2D eigenvalue weighted by atomic mass is 32.1. The zero-order valence-electron chi connectivity index (χ0n) is 13.3. The highest BCUT2D eigenvalue weighted by Gasteiger charge is 2.17. The second-order valence-corrected chi connectivity index (χ2v) is 6.97. The summed E-state index contributed by atoms with van der Waals surface area (Å²) < 4.78 is 0. The van der Waals surface area contributed by atoms with E-state index in [2.05, 4.69) is 65.7 Å². The van der Waals surface area contributed by atoms with Gasteiger partial charge in [0.05, 0.1) is 12.2 Å². The molecule has 1 aliphatic rings. The molecule has 0 unspecified atom stereocenters. The maximum Gasteiger partial charge on any atom is 0.123 e. The molecule has 0 bridgehead atoms. The molecule has 0 spiro atoms. The zero-order valence-corrected chi connectivity index (χ0v) is 14.1. The summed E-state index contributed by atoms with van der Waals surface area (Å²) in [5, 5.41) is 3.34. The second-order valence-electron chi connectivity index (χ2n) is 6.11. The summed E-state index contributed by atoms with van der Waals surface area (Å²) >= 11 is 1.75. The van der Waals surface area contributed by atoms with Crippen molar-refractivity contribution >= 4 is 17.0 Å². The Morgan fingerprint density at radius 3 is 2.83 bits per heavy atom. The predicted octanol–water partition coefficient (Wildman–Crippen LogP) is 5.07. The number of rotatable bonds is 3. The SMILES string of the molecule is Cc1ccccc1-c1nc(CN2CCCc3ccccc32)cs1. The van der Waals surface area contributed by atoms with Crippen LogP contribution in [0.15, 0.2) is 53.9 Å². The maximum absolute atomic E-state index is 4.89. The fourth-order valence-corrected chi connectivity index (χ4v) is 4.19. The van der Waals surface area contributed by atoms with Gasteiger partial charge in [0, 0.05) is 23.2 Å². The smallest absolute Gasteiger partial charge is 0.123 e. The molecule has 3 heteroatoms. The molecule has 0 atom stereocenters. The summed E-state index contributed by atoms with van der Waals surface area (Å²) in [5.74, 6) is 0. The van der Waals surface area contributed by atoms with Gasteiger partial charge in [-0.1, -0.05) is 42.5 Å². The number of para-hydroxylation sites is 1. The van der Waals surface area contributed by atoms with Crippen molar-refractivity contribution in [2.45, 2.75) is 26.3 Å².